The lowest BCUT2D eigenvalue weighted by atomic mass is 10.1. The van der Waals surface area contributed by atoms with E-state index in [1.807, 2.05) is 12.1 Å². The van der Waals surface area contributed by atoms with Crippen molar-refractivity contribution in [2.75, 3.05) is 32.6 Å². The van der Waals surface area contributed by atoms with Gasteiger partial charge in [-0.05, 0) is 37.8 Å². The molecule has 0 saturated carbocycles. The van der Waals surface area contributed by atoms with Gasteiger partial charge in [-0.25, -0.2) is 8.42 Å². The van der Waals surface area contributed by atoms with Crippen molar-refractivity contribution in [1.82, 2.24) is 4.31 Å². The number of aryl methyl sites for hydroxylation is 1. The van der Waals surface area contributed by atoms with Crippen LogP contribution in [-0.4, -0.2) is 51.0 Å². The van der Waals surface area contributed by atoms with Gasteiger partial charge in [0.05, 0.1) is 24.0 Å². The molecule has 10 heteroatoms. The van der Waals surface area contributed by atoms with E-state index >= 15 is 0 Å². The van der Waals surface area contributed by atoms with E-state index in [4.69, 9.17) is 9.47 Å². The number of ether oxygens (including phenoxy) is 2. The number of anilines is 1. The molecule has 0 aromatic heterocycles. The lowest BCUT2D eigenvalue weighted by Gasteiger charge is -2.33. The molecule has 0 spiro atoms. The number of sulfonamides is 1. The first kappa shape index (κ1) is 22.8. The molecular formula is C21H27N3O6S. The summed E-state index contributed by atoms with van der Waals surface area (Å²) in [6.45, 7) is 3.97. The number of hydrogen-bond donors (Lipinski definition) is 1. The predicted molar refractivity (Wildman–Crippen MR) is 118 cm³/mol. The van der Waals surface area contributed by atoms with Crippen LogP contribution in [0.15, 0.2) is 35.2 Å². The van der Waals surface area contributed by atoms with Crippen LogP contribution in [-0.2, 0) is 10.0 Å². The third-order valence-electron chi connectivity index (χ3n) is 5.54. The van der Waals surface area contributed by atoms with E-state index in [-0.39, 0.29) is 23.2 Å². The average Bonchev–Trinajstić information content (AvgIpc) is 2.75. The van der Waals surface area contributed by atoms with Crippen LogP contribution in [0.5, 0.6) is 11.5 Å². The summed E-state index contributed by atoms with van der Waals surface area (Å²) in [6.07, 6.45) is 1.46. The minimum Gasteiger partial charge on any atom is -0.497 e. The standard InChI is InChI=1S/C21H27N3O6S/c1-14-8-18(24(25)26)11-21(15(14)2)31(27,28)23-7-5-6-16(13-23)22-17-9-19(29-3)12-20(10-17)30-4/h8-12,16,22H,5-7,13H2,1-4H3. The van der Waals surface area contributed by atoms with Gasteiger partial charge < -0.3 is 14.8 Å². The van der Waals surface area contributed by atoms with Gasteiger partial charge in [0, 0.05) is 55.2 Å². The van der Waals surface area contributed by atoms with E-state index in [0.29, 0.717) is 35.6 Å². The summed E-state index contributed by atoms with van der Waals surface area (Å²) >= 11 is 0. The van der Waals surface area contributed by atoms with Crippen LogP contribution in [0.2, 0.25) is 0 Å². The van der Waals surface area contributed by atoms with Gasteiger partial charge in [-0.15, -0.1) is 0 Å². The summed E-state index contributed by atoms with van der Waals surface area (Å²) in [5, 5.41) is 14.6. The Morgan fingerprint density at radius 2 is 1.74 bits per heavy atom. The summed E-state index contributed by atoms with van der Waals surface area (Å²) < 4.78 is 38.7. The molecule has 1 aliphatic heterocycles. The zero-order chi connectivity index (χ0) is 22.8. The SMILES string of the molecule is COc1cc(NC2CCCN(S(=O)(=O)c3cc([N+](=O)[O-])cc(C)c3C)C2)cc(OC)c1. The van der Waals surface area contributed by atoms with Crippen LogP contribution >= 0.6 is 0 Å². The highest BCUT2D eigenvalue weighted by molar-refractivity contribution is 7.89. The Bertz CT molecular complexity index is 1060. The zero-order valence-electron chi connectivity index (χ0n) is 18.0. The molecule has 1 aliphatic rings. The maximum absolute atomic E-state index is 13.4. The average molecular weight is 450 g/mol. The molecule has 1 N–H and O–H groups in total. The molecule has 1 saturated heterocycles. The first-order chi connectivity index (χ1) is 14.6. The first-order valence-corrected chi connectivity index (χ1v) is 11.3. The number of methoxy groups -OCH3 is 2. The van der Waals surface area contributed by atoms with Crippen molar-refractivity contribution >= 4 is 21.4 Å². The Balaban J connectivity index is 1.86. The van der Waals surface area contributed by atoms with Crippen LogP contribution < -0.4 is 14.8 Å². The predicted octanol–water partition coefficient (Wildman–Crippen LogP) is 3.49. The Kier molecular flexibility index (Phi) is 6.71. The fraction of sp³-hybridized carbons (Fsp3) is 0.429. The van der Waals surface area contributed by atoms with E-state index in [1.165, 1.54) is 10.4 Å². The van der Waals surface area contributed by atoms with Crippen LogP contribution in [0.1, 0.15) is 24.0 Å². The molecule has 3 rings (SSSR count). The van der Waals surface area contributed by atoms with E-state index in [2.05, 4.69) is 5.32 Å². The number of piperidine rings is 1. The Hall–Kier alpha value is -2.85. The summed E-state index contributed by atoms with van der Waals surface area (Å²) in [6, 6.07) is 7.83. The van der Waals surface area contributed by atoms with Crippen LogP contribution in [0.25, 0.3) is 0 Å². The highest BCUT2D eigenvalue weighted by Gasteiger charge is 2.33. The van der Waals surface area contributed by atoms with Gasteiger partial charge in [-0.3, -0.25) is 10.1 Å². The maximum atomic E-state index is 13.4. The van der Waals surface area contributed by atoms with Gasteiger partial charge in [-0.2, -0.15) is 4.31 Å². The normalized spacial score (nSPS) is 17.2. The second kappa shape index (κ2) is 9.11. The smallest absolute Gasteiger partial charge is 0.271 e. The van der Waals surface area contributed by atoms with Crippen molar-refractivity contribution in [3.8, 4) is 11.5 Å². The molecule has 0 aliphatic carbocycles. The number of benzene rings is 2. The highest BCUT2D eigenvalue weighted by Crippen LogP contribution is 2.31. The summed E-state index contributed by atoms with van der Waals surface area (Å²) in [5.74, 6) is 1.26. The largest absolute Gasteiger partial charge is 0.497 e. The summed E-state index contributed by atoms with van der Waals surface area (Å²) in [5.41, 5.74) is 1.64. The molecule has 0 radical (unpaired) electrons. The third-order valence-corrected chi connectivity index (χ3v) is 7.53. The molecular weight excluding hydrogens is 422 g/mol. The Morgan fingerprint density at radius 3 is 2.32 bits per heavy atom. The molecule has 0 bridgehead atoms. The maximum Gasteiger partial charge on any atom is 0.271 e. The molecule has 0 amide bonds. The lowest BCUT2D eigenvalue weighted by Crippen LogP contribution is -2.45. The third kappa shape index (κ3) is 4.91. The molecule has 9 nitrogen and oxygen atoms in total. The lowest BCUT2D eigenvalue weighted by molar-refractivity contribution is -0.385. The van der Waals surface area contributed by atoms with E-state index < -0.39 is 14.9 Å². The van der Waals surface area contributed by atoms with Crippen molar-refractivity contribution in [1.29, 1.82) is 0 Å². The minimum atomic E-state index is -3.88. The van der Waals surface area contributed by atoms with Gasteiger partial charge in [-0.1, -0.05) is 0 Å². The molecule has 2 aromatic carbocycles. The molecule has 1 unspecified atom stereocenters. The van der Waals surface area contributed by atoms with Gasteiger partial charge in [0.1, 0.15) is 11.5 Å². The monoisotopic (exact) mass is 449 g/mol. The zero-order valence-corrected chi connectivity index (χ0v) is 18.9. The van der Waals surface area contributed by atoms with Crippen molar-refractivity contribution in [2.45, 2.75) is 37.6 Å². The quantitative estimate of drug-likeness (QED) is 0.509. The van der Waals surface area contributed by atoms with Gasteiger partial charge in [0.25, 0.3) is 5.69 Å². The minimum absolute atomic E-state index is 0.0112. The highest BCUT2D eigenvalue weighted by atomic mass is 32.2. The molecule has 2 aromatic rings. The van der Waals surface area contributed by atoms with Crippen LogP contribution in [0.3, 0.4) is 0 Å². The fourth-order valence-corrected chi connectivity index (χ4v) is 5.57. The summed E-state index contributed by atoms with van der Waals surface area (Å²) in [4.78, 5) is 10.7. The number of nitro benzene ring substituents is 1. The van der Waals surface area contributed by atoms with E-state index in [1.54, 1.807) is 34.1 Å². The number of nitrogens with one attached hydrogen (secondary N) is 1. The number of hydrogen-bond acceptors (Lipinski definition) is 7. The number of nitro groups is 1. The summed E-state index contributed by atoms with van der Waals surface area (Å²) in [7, 11) is -0.750. The number of rotatable bonds is 7. The van der Waals surface area contributed by atoms with Crippen LogP contribution in [0, 0.1) is 24.0 Å². The van der Waals surface area contributed by atoms with E-state index in [9.17, 15) is 18.5 Å². The topological polar surface area (TPSA) is 111 Å². The molecule has 1 atom stereocenters. The van der Waals surface area contributed by atoms with Gasteiger partial charge in [0.15, 0.2) is 0 Å². The van der Waals surface area contributed by atoms with Crippen molar-refractivity contribution in [3.05, 3.63) is 51.6 Å². The first-order valence-electron chi connectivity index (χ1n) is 9.91. The second-order valence-corrected chi connectivity index (χ2v) is 9.50. The van der Waals surface area contributed by atoms with Gasteiger partial charge in [0.2, 0.25) is 10.0 Å². The molecule has 1 fully saturated rings. The number of nitrogens with zero attached hydrogens (tertiary/aromatic N) is 2. The van der Waals surface area contributed by atoms with Crippen LogP contribution in [0.4, 0.5) is 11.4 Å². The van der Waals surface area contributed by atoms with Gasteiger partial charge >= 0.3 is 0 Å². The van der Waals surface area contributed by atoms with Crippen molar-refractivity contribution in [3.63, 3.8) is 0 Å². The fourth-order valence-electron chi connectivity index (χ4n) is 3.73. The van der Waals surface area contributed by atoms with Crippen molar-refractivity contribution in [2.24, 2.45) is 0 Å². The molecule has 1 heterocycles. The Labute approximate surface area is 182 Å². The molecule has 31 heavy (non-hydrogen) atoms. The second-order valence-electron chi connectivity index (χ2n) is 7.59. The Morgan fingerprint density at radius 1 is 1.10 bits per heavy atom. The molecule has 168 valence electrons. The number of non-ortho nitro benzene ring substituents is 1. The van der Waals surface area contributed by atoms with E-state index in [0.717, 1.165) is 18.2 Å². The van der Waals surface area contributed by atoms with Crippen molar-refractivity contribution < 1.29 is 22.8 Å².